The van der Waals surface area contributed by atoms with Gasteiger partial charge in [0, 0.05) is 15.0 Å². The molecule has 4 rings (SSSR count). The van der Waals surface area contributed by atoms with Crippen molar-refractivity contribution in [2.45, 2.75) is 24.9 Å². The second kappa shape index (κ2) is 6.51. The van der Waals surface area contributed by atoms with Gasteiger partial charge in [-0.05, 0) is 49.5 Å². The lowest BCUT2D eigenvalue weighted by atomic mass is 9.76. The van der Waals surface area contributed by atoms with Crippen molar-refractivity contribution in [3.8, 4) is 11.8 Å². The summed E-state index contributed by atoms with van der Waals surface area (Å²) in [7, 11) is 0. The average molecular weight is 283 g/mol. The molecule has 3 aliphatic heterocycles. The maximum Gasteiger partial charge on any atom is 0.119 e. The molecule has 3 fully saturated rings. The van der Waals surface area contributed by atoms with Gasteiger partial charge in [0.15, 0.2) is 0 Å². The number of piperidine rings is 3. The van der Waals surface area contributed by atoms with Crippen molar-refractivity contribution in [3.63, 3.8) is 0 Å². The van der Waals surface area contributed by atoms with Crippen LogP contribution in [0.2, 0.25) is 0 Å². The average Bonchev–Trinajstić information content (AvgIpc) is 2.48. The van der Waals surface area contributed by atoms with Gasteiger partial charge in [-0.2, -0.15) is 5.26 Å². The van der Waals surface area contributed by atoms with Crippen molar-refractivity contribution in [1.82, 2.24) is 4.90 Å². The van der Waals surface area contributed by atoms with E-state index >= 15 is 0 Å². The molecule has 3 radical (unpaired) electrons. The fraction of sp³-hybridized carbons (Fsp3) is 0.562. The van der Waals surface area contributed by atoms with Crippen molar-refractivity contribution in [2.24, 2.45) is 5.92 Å². The molecular weight excluding hydrogens is 263 g/mol. The molecule has 1 atom stereocenters. The van der Waals surface area contributed by atoms with E-state index in [9.17, 15) is 5.11 Å². The van der Waals surface area contributed by atoms with E-state index in [1.807, 2.05) is 24.3 Å². The first kappa shape index (κ1) is 15.9. The molecule has 1 aromatic carbocycles. The minimum atomic E-state index is -0.707. The van der Waals surface area contributed by atoms with Gasteiger partial charge in [0.1, 0.15) is 18.0 Å². The monoisotopic (exact) mass is 283 g/mol. The number of aliphatic hydroxyl groups is 1. The van der Waals surface area contributed by atoms with Gasteiger partial charge in [0.2, 0.25) is 0 Å². The number of nitriles is 1. The lowest BCUT2D eigenvalue weighted by Gasteiger charge is -2.49. The van der Waals surface area contributed by atoms with Crippen LogP contribution in [0.25, 0.3) is 0 Å². The second-order valence-electron chi connectivity index (χ2n) is 5.92. The number of ether oxygens (including phenoxy) is 1. The fourth-order valence-electron chi connectivity index (χ4n) is 3.31. The summed E-state index contributed by atoms with van der Waals surface area (Å²) in [6.45, 7) is 3.29. The van der Waals surface area contributed by atoms with E-state index in [-0.39, 0.29) is 8.41 Å². The first-order valence-electron chi connectivity index (χ1n) is 7.23. The molecule has 1 aromatic rings. The molecule has 1 unspecified atom stereocenters. The Kier molecular flexibility index (Phi) is 4.92. The number of rotatable bonds is 4. The van der Waals surface area contributed by atoms with Crippen LogP contribution in [0.5, 0.6) is 5.75 Å². The summed E-state index contributed by atoms with van der Waals surface area (Å²) in [5.74, 6) is 1.13. The number of hydrogen-bond acceptors (Lipinski definition) is 4. The Morgan fingerprint density at radius 1 is 1.29 bits per heavy atom. The Balaban J connectivity index is 0.00000161. The normalized spacial score (nSPS) is 30.3. The Morgan fingerprint density at radius 3 is 2.48 bits per heavy atom. The van der Waals surface area contributed by atoms with Gasteiger partial charge in [0.25, 0.3) is 0 Å². The molecule has 21 heavy (non-hydrogen) atoms. The van der Waals surface area contributed by atoms with Crippen LogP contribution < -0.4 is 4.74 Å². The van der Waals surface area contributed by atoms with Gasteiger partial charge in [0.05, 0.1) is 12.5 Å². The summed E-state index contributed by atoms with van der Waals surface area (Å²) in [6.07, 6.45) is 2.56. The minimum absolute atomic E-state index is 0. The smallest absolute Gasteiger partial charge is 0.119 e. The van der Waals surface area contributed by atoms with Crippen LogP contribution in [0.15, 0.2) is 24.3 Å². The van der Waals surface area contributed by atoms with Crippen molar-refractivity contribution in [3.05, 3.63) is 29.8 Å². The van der Waals surface area contributed by atoms with Crippen LogP contribution in [-0.4, -0.2) is 50.3 Å². The first-order valence-corrected chi connectivity index (χ1v) is 7.23. The van der Waals surface area contributed by atoms with Gasteiger partial charge in [-0.1, -0.05) is 12.1 Å². The summed E-state index contributed by atoms with van der Waals surface area (Å²) in [6, 6.07) is 9.67. The summed E-state index contributed by atoms with van der Waals surface area (Å²) < 4.78 is 5.77. The molecular formula is C16H20BN2O2. The number of hydrogen-bond donors (Lipinski definition) is 1. The van der Waals surface area contributed by atoms with Crippen LogP contribution in [0.1, 0.15) is 18.4 Å². The molecule has 0 spiro atoms. The van der Waals surface area contributed by atoms with E-state index in [4.69, 9.17) is 10.00 Å². The van der Waals surface area contributed by atoms with Crippen LogP contribution in [-0.2, 0) is 6.42 Å². The Hall–Kier alpha value is -1.51. The van der Waals surface area contributed by atoms with Gasteiger partial charge in [-0.25, -0.2) is 0 Å². The van der Waals surface area contributed by atoms with Crippen LogP contribution >= 0.6 is 0 Å². The summed E-state index contributed by atoms with van der Waals surface area (Å²) in [5, 5.41) is 19.4. The standard InChI is InChI=1S/C16H20N2O2.B/c17-8-5-13-1-3-15(4-2-13)20-12-16(19)11-18-9-6-14(16)7-10-18;/h1-4,14,19H,5-7,9-12H2;. The molecule has 4 nitrogen and oxygen atoms in total. The maximum absolute atomic E-state index is 10.8. The highest BCUT2D eigenvalue weighted by Gasteiger charge is 2.45. The van der Waals surface area contributed by atoms with Gasteiger partial charge < -0.3 is 14.7 Å². The zero-order valence-corrected chi connectivity index (χ0v) is 12.2. The molecule has 2 bridgehead atoms. The molecule has 0 aromatic heterocycles. The molecule has 3 saturated heterocycles. The second-order valence-corrected chi connectivity index (χ2v) is 5.92. The molecule has 1 N–H and O–H groups in total. The predicted octanol–water partition coefficient (Wildman–Crippen LogP) is 1.21. The number of fused-ring (bicyclic) bond motifs is 3. The SMILES string of the molecule is N#CCc1ccc(OCC2(O)CN3CCC2CC3)cc1.[B]. The highest BCUT2D eigenvalue weighted by molar-refractivity contribution is 5.75. The molecule has 0 aliphatic carbocycles. The Morgan fingerprint density at radius 2 is 1.95 bits per heavy atom. The lowest BCUT2D eigenvalue weighted by molar-refractivity contribution is -0.131. The van der Waals surface area contributed by atoms with Crippen LogP contribution in [0, 0.1) is 17.2 Å². The molecule has 3 heterocycles. The van der Waals surface area contributed by atoms with E-state index in [0.29, 0.717) is 18.9 Å². The van der Waals surface area contributed by atoms with Gasteiger partial charge in [-0.15, -0.1) is 0 Å². The number of nitrogens with zero attached hydrogens (tertiary/aromatic N) is 2. The van der Waals surface area contributed by atoms with E-state index in [1.54, 1.807) is 0 Å². The third-order valence-electron chi connectivity index (χ3n) is 4.54. The van der Waals surface area contributed by atoms with Crippen LogP contribution in [0.3, 0.4) is 0 Å². The van der Waals surface area contributed by atoms with Crippen molar-refractivity contribution in [2.75, 3.05) is 26.2 Å². The molecule has 109 valence electrons. The maximum atomic E-state index is 10.8. The van der Waals surface area contributed by atoms with Crippen molar-refractivity contribution >= 4 is 8.41 Å². The first-order chi connectivity index (χ1) is 9.69. The minimum Gasteiger partial charge on any atom is -0.491 e. The van der Waals surface area contributed by atoms with Gasteiger partial charge >= 0.3 is 0 Å². The van der Waals surface area contributed by atoms with E-state index in [2.05, 4.69) is 11.0 Å². The molecule has 5 heteroatoms. The predicted molar refractivity (Wildman–Crippen MR) is 81.1 cm³/mol. The van der Waals surface area contributed by atoms with Gasteiger partial charge in [-0.3, -0.25) is 0 Å². The van der Waals surface area contributed by atoms with E-state index < -0.39 is 5.60 Å². The Labute approximate surface area is 127 Å². The summed E-state index contributed by atoms with van der Waals surface area (Å²) in [4.78, 5) is 2.32. The lowest BCUT2D eigenvalue weighted by Crippen LogP contribution is -2.61. The topological polar surface area (TPSA) is 56.5 Å². The molecule has 0 amide bonds. The zero-order chi connectivity index (χ0) is 14.0. The third kappa shape index (κ3) is 3.40. The Bertz CT molecular complexity index is 506. The summed E-state index contributed by atoms with van der Waals surface area (Å²) in [5.41, 5.74) is 0.281. The largest absolute Gasteiger partial charge is 0.491 e. The van der Waals surface area contributed by atoms with E-state index in [1.165, 1.54) is 0 Å². The van der Waals surface area contributed by atoms with E-state index in [0.717, 1.165) is 43.8 Å². The quantitative estimate of drug-likeness (QED) is 0.844. The number of benzene rings is 1. The molecule has 3 aliphatic rings. The fourth-order valence-corrected chi connectivity index (χ4v) is 3.31. The third-order valence-corrected chi connectivity index (χ3v) is 4.54. The van der Waals surface area contributed by atoms with Crippen LogP contribution in [0.4, 0.5) is 0 Å². The zero-order valence-electron chi connectivity index (χ0n) is 12.2. The summed E-state index contributed by atoms with van der Waals surface area (Å²) >= 11 is 0. The van der Waals surface area contributed by atoms with Crippen molar-refractivity contribution in [1.29, 1.82) is 5.26 Å². The molecule has 0 saturated carbocycles. The highest BCUT2D eigenvalue weighted by atomic mass is 16.5. The van der Waals surface area contributed by atoms with Crippen molar-refractivity contribution < 1.29 is 9.84 Å². The highest BCUT2D eigenvalue weighted by Crippen LogP contribution is 2.35.